The zero-order valence-corrected chi connectivity index (χ0v) is 16.3. The maximum absolute atomic E-state index is 12.8. The molecular formula is C20H24BrNO3. The van der Waals surface area contributed by atoms with Crippen LogP contribution in [0.2, 0.25) is 0 Å². The number of halogens is 1. The first-order chi connectivity index (χ1) is 12.2. The topological polar surface area (TPSA) is 47.6 Å². The number of nitrogens with one attached hydrogen (secondary N) is 1. The number of carbonyl (C=O) groups is 1. The average molecular weight is 406 g/mol. The van der Waals surface area contributed by atoms with Crippen LogP contribution in [-0.4, -0.2) is 19.1 Å². The number of carbonyl (C=O) groups excluding carboxylic acids is 1. The maximum atomic E-state index is 12.8. The van der Waals surface area contributed by atoms with Crippen LogP contribution in [0.4, 0.5) is 5.69 Å². The second-order valence-electron chi connectivity index (χ2n) is 5.64. The van der Waals surface area contributed by atoms with Crippen LogP contribution in [0.1, 0.15) is 43.5 Å². The van der Waals surface area contributed by atoms with Crippen LogP contribution in [0.25, 0.3) is 0 Å². The van der Waals surface area contributed by atoms with E-state index in [1.54, 1.807) is 12.1 Å². The Morgan fingerprint density at radius 1 is 1.00 bits per heavy atom. The van der Waals surface area contributed by atoms with E-state index in [0.29, 0.717) is 36.0 Å². The molecular weight excluding hydrogens is 382 g/mol. The zero-order chi connectivity index (χ0) is 18.1. The van der Waals surface area contributed by atoms with Gasteiger partial charge in [-0.05, 0) is 43.2 Å². The molecule has 0 aliphatic rings. The molecule has 0 unspecified atom stereocenters. The van der Waals surface area contributed by atoms with Crippen molar-refractivity contribution in [3.05, 3.63) is 52.5 Å². The molecule has 0 bridgehead atoms. The van der Waals surface area contributed by atoms with Gasteiger partial charge in [-0.25, -0.2) is 0 Å². The summed E-state index contributed by atoms with van der Waals surface area (Å²) in [6, 6.07) is 12.9. The fraction of sp³-hybridized carbons (Fsp3) is 0.350. The molecule has 1 N–H and O–H groups in total. The number of anilines is 1. The molecule has 0 aliphatic heterocycles. The molecule has 2 rings (SSSR count). The molecule has 25 heavy (non-hydrogen) atoms. The Labute approximate surface area is 157 Å². The molecule has 0 heterocycles. The molecule has 1 amide bonds. The van der Waals surface area contributed by atoms with Gasteiger partial charge in [-0.1, -0.05) is 48.3 Å². The molecule has 2 aromatic rings. The highest BCUT2D eigenvalue weighted by Crippen LogP contribution is 2.28. The van der Waals surface area contributed by atoms with Crippen molar-refractivity contribution in [2.24, 2.45) is 0 Å². The molecule has 4 nitrogen and oxygen atoms in total. The Morgan fingerprint density at radius 3 is 2.52 bits per heavy atom. The lowest BCUT2D eigenvalue weighted by atomic mass is 10.1. The normalized spacial score (nSPS) is 10.4. The van der Waals surface area contributed by atoms with Crippen molar-refractivity contribution in [3.63, 3.8) is 0 Å². The first-order valence-corrected chi connectivity index (χ1v) is 9.40. The second-order valence-corrected chi connectivity index (χ2v) is 6.56. The lowest BCUT2D eigenvalue weighted by molar-refractivity contribution is 0.102. The summed E-state index contributed by atoms with van der Waals surface area (Å²) in [5, 5.41) is 2.93. The molecule has 0 aliphatic carbocycles. The minimum atomic E-state index is -0.223. The molecule has 134 valence electrons. The Balaban J connectivity index is 2.18. The van der Waals surface area contributed by atoms with E-state index in [1.165, 1.54) is 0 Å². The van der Waals surface area contributed by atoms with Crippen molar-refractivity contribution in [2.75, 3.05) is 18.5 Å². The highest BCUT2D eigenvalue weighted by molar-refractivity contribution is 9.10. The molecule has 0 saturated heterocycles. The van der Waals surface area contributed by atoms with Crippen molar-refractivity contribution >= 4 is 27.5 Å². The van der Waals surface area contributed by atoms with E-state index in [-0.39, 0.29) is 5.91 Å². The first-order valence-electron chi connectivity index (χ1n) is 8.61. The van der Waals surface area contributed by atoms with Crippen molar-refractivity contribution in [3.8, 4) is 11.5 Å². The Morgan fingerprint density at radius 2 is 1.76 bits per heavy atom. The summed E-state index contributed by atoms with van der Waals surface area (Å²) in [4.78, 5) is 12.8. The third-order valence-corrected chi connectivity index (χ3v) is 4.03. The van der Waals surface area contributed by atoms with Gasteiger partial charge in [0.05, 0.1) is 24.5 Å². The van der Waals surface area contributed by atoms with E-state index in [2.05, 4.69) is 28.2 Å². The quantitative estimate of drug-likeness (QED) is 0.546. The van der Waals surface area contributed by atoms with E-state index >= 15 is 0 Å². The van der Waals surface area contributed by atoms with E-state index in [1.807, 2.05) is 37.3 Å². The third kappa shape index (κ3) is 5.78. The summed E-state index contributed by atoms with van der Waals surface area (Å²) < 4.78 is 12.3. The number of ether oxygens (including phenoxy) is 2. The van der Waals surface area contributed by atoms with Gasteiger partial charge in [-0.2, -0.15) is 0 Å². The van der Waals surface area contributed by atoms with E-state index in [4.69, 9.17) is 9.47 Å². The van der Waals surface area contributed by atoms with Gasteiger partial charge in [-0.15, -0.1) is 0 Å². The summed E-state index contributed by atoms with van der Waals surface area (Å²) in [5.74, 6) is 1.03. The number of amides is 1. The highest BCUT2D eigenvalue weighted by atomic mass is 79.9. The van der Waals surface area contributed by atoms with Gasteiger partial charge in [0.15, 0.2) is 0 Å². The lowest BCUT2D eigenvalue weighted by Crippen LogP contribution is -2.15. The fourth-order valence-electron chi connectivity index (χ4n) is 2.23. The Bertz CT molecular complexity index is 703. The van der Waals surface area contributed by atoms with E-state index in [0.717, 1.165) is 23.7 Å². The molecule has 0 atom stereocenters. The summed E-state index contributed by atoms with van der Waals surface area (Å²) in [6.45, 7) is 5.34. The van der Waals surface area contributed by atoms with Crippen molar-refractivity contribution in [2.45, 2.75) is 33.1 Å². The van der Waals surface area contributed by atoms with Gasteiger partial charge in [0, 0.05) is 4.47 Å². The van der Waals surface area contributed by atoms with Crippen LogP contribution in [0.3, 0.4) is 0 Å². The van der Waals surface area contributed by atoms with Crippen molar-refractivity contribution < 1.29 is 14.3 Å². The molecule has 0 radical (unpaired) electrons. The molecule has 2 aromatic carbocycles. The smallest absolute Gasteiger partial charge is 0.259 e. The second kappa shape index (κ2) is 10.1. The van der Waals surface area contributed by atoms with Crippen LogP contribution in [-0.2, 0) is 0 Å². The van der Waals surface area contributed by atoms with Crippen molar-refractivity contribution in [1.29, 1.82) is 0 Å². The highest BCUT2D eigenvalue weighted by Gasteiger charge is 2.15. The summed E-state index contributed by atoms with van der Waals surface area (Å²) in [5.41, 5.74) is 1.15. The van der Waals surface area contributed by atoms with Gasteiger partial charge in [0.1, 0.15) is 11.5 Å². The minimum Gasteiger partial charge on any atom is -0.493 e. The van der Waals surface area contributed by atoms with Crippen LogP contribution in [0.5, 0.6) is 11.5 Å². The molecule has 0 saturated carbocycles. The lowest BCUT2D eigenvalue weighted by Gasteiger charge is -2.14. The Kier molecular flexibility index (Phi) is 7.79. The van der Waals surface area contributed by atoms with Crippen LogP contribution < -0.4 is 14.8 Å². The molecule has 0 fully saturated rings. The van der Waals surface area contributed by atoms with E-state index in [9.17, 15) is 4.79 Å². The SMILES string of the molecule is CCCCOc1ccccc1NC(=O)c1cc(Br)ccc1OCCC. The number of para-hydroxylation sites is 2. The number of benzene rings is 2. The molecule has 0 spiro atoms. The van der Waals surface area contributed by atoms with Crippen molar-refractivity contribution in [1.82, 2.24) is 0 Å². The van der Waals surface area contributed by atoms with Gasteiger partial charge >= 0.3 is 0 Å². The van der Waals surface area contributed by atoms with Crippen LogP contribution in [0, 0.1) is 0 Å². The molecule has 0 aromatic heterocycles. The van der Waals surface area contributed by atoms with Gasteiger partial charge in [-0.3, -0.25) is 4.79 Å². The molecule has 5 heteroatoms. The van der Waals surface area contributed by atoms with E-state index < -0.39 is 0 Å². The predicted molar refractivity (Wildman–Crippen MR) is 105 cm³/mol. The zero-order valence-electron chi connectivity index (χ0n) is 14.7. The maximum Gasteiger partial charge on any atom is 0.259 e. The number of unbranched alkanes of at least 4 members (excludes halogenated alkanes) is 1. The fourth-order valence-corrected chi connectivity index (χ4v) is 2.59. The standard InChI is InChI=1S/C20H24BrNO3/c1-3-5-13-25-19-9-7-6-8-17(19)22-20(23)16-14-15(21)10-11-18(16)24-12-4-2/h6-11,14H,3-5,12-13H2,1-2H3,(H,22,23). The Hall–Kier alpha value is -2.01. The van der Waals surface area contributed by atoms with Gasteiger partial charge in [0.25, 0.3) is 5.91 Å². The van der Waals surface area contributed by atoms with Gasteiger partial charge < -0.3 is 14.8 Å². The van der Waals surface area contributed by atoms with Crippen LogP contribution >= 0.6 is 15.9 Å². The summed E-state index contributed by atoms with van der Waals surface area (Å²) >= 11 is 3.41. The minimum absolute atomic E-state index is 0.223. The third-order valence-electron chi connectivity index (χ3n) is 3.54. The first kappa shape index (κ1) is 19.3. The number of rotatable bonds is 9. The van der Waals surface area contributed by atoms with Gasteiger partial charge in [0.2, 0.25) is 0 Å². The largest absolute Gasteiger partial charge is 0.493 e. The monoisotopic (exact) mass is 405 g/mol. The number of hydrogen-bond acceptors (Lipinski definition) is 3. The summed E-state index contributed by atoms with van der Waals surface area (Å²) in [7, 11) is 0. The summed E-state index contributed by atoms with van der Waals surface area (Å²) in [6.07, 6.45) is 2.92. The number of hydrogen-bond donors (Lipinski definition) is 1. The predicted octanol–water partition coefficient (Wildman–Crippen LogP) is 5.67. The van der Waals surface area contributed by atoms with Crippen LogP contribution in [0.15, 0.2) is 46.9 Å². The average Bonchev–Trinajstić information content (AvgIpc) is 2.62.